The summed E-state index contributed by atoms with van der Waals surface area (Å²) in [7, 11) is 0. The lowest BCUT2D eigenvalue weighted by atomic mass is 10.2. The predicted octanol–water partition coefficient (Wildman–Crippen LogP) is 1.35. The molecule has 1 unspecified atom stereocenters. The normalized spacial score (nSPS) is 13.8. The SMILES string of the molecule is CCn1cncc1C(N)c1noc(C(F)(F)F)n1. The Kier molecular flexibility index (Phi) is 3.07. The molecule has 9 heteroatoms. The number of alkyl halides is 3. The van der Waals surface area contributed by atoms with Gasteiger partial charge < -0.3 is 14.8 Å². The van der Waals surface area contributed by atoms with Crippen LogP contribution in [0.3, 0.4) is 0 Å². The molecule has 6 nitrogen and oxygen atoms in total. The monoisotopic (exact) mass is 261 g/mol. The van der Waals surface area contributed by atoms with E-state index in [0.717, 1.165) is 0 Å². The Balaban J connectivity index is 2.29. The topological polar surface area (TPSA) is 82.8 Å². The third-order valence-corrected chi connectivity index (χ3v) is 2.37. The highest BCUT2D eigenvalue weighted by atomic mass is 19.4. The molecule has 2 rings (SSSR count). The molecule has 0 aromatic carbocycles. The lowest BCUT2D eigenvalue weighted by molar-refractivity contribution is -0.159. The van der Waals surface area contributed by atoms with Crippen LogP contribution in [0.2, 0.25) is 0 Å². The van der Waals surface area contributed by atoms with Crippen LogP contribution in [0.4, 0.5) is 13.2 Å². The average molecular weight is 261 g/mol. The van der Waals surface area contributed by atoms with Gasteiger partial charge in [-0.2, -0.15) is 18.2 Å². The second-order valence-corrected chi connectivity index (χ2v) is 3.54. The van der Waals surface area contributed by atoms with Crippen molar-refractivity contribution in [2.24, 2.45) is 5.73 Å². The standard InChI is InChI=1S/C9H10F3N5O/c1-2-17-4-14-3-5(17)6(13)7-15-8(18-16-7)9(10,11)12/h3-4,6H,2,13H2,1H3. The minimum atomic E-state index is -4.67. The summed E-state index contributed by atoms with van der Waals surface area (Å²) in [6, 6.07) is -0.910. The number of halogens is 3. The zero-order chi connectivity index (χ0) is 13.3. The summed E-state index contributed by atoms with van der Waals surface area (Å²) in [6.45, 7) is 2.45. The largest absolute Gasteiger partial charge is 0.471 e. The molecule has 0 fully saturated rings. The molecule has 0 bridgehead atoms. The Bertz CT molecular complexity index is 532. The fraction of sp³-hybridized carbons (Fsp3) is 0.444. The number of imidazole rings is 1. The molecule has 1 atom stereocenters. The first-order chi connectivity index (χ1) is 8.43. The number of aryl methyl sites for hydroxylation is 1. The first-order valence-corrected chi connectivity index (χ1v) is 5.10. The van der Waals surface area contributed by atoms with E-state index in [4.69, 9.17) is 5.73 Å². The van der Waals surface area contributed by atoms with Crippen molar-refractivity contribution in [1.29, 1.82) is 0 Å². The van der Waals surface area contributed by atoms with Crippen molar-refractivity contribution in [3.63, 3.8) is 0 Å². The van der Waals surface area contributed by atoms with Crippen molar-refractivity contribution < 1.29 is 17.7 Å². The van der Waals surface area contributed by atoms with Gasteiger partial charge in [0.05, 0.1) is 18.2 Å². The van der Waals surface area contributed by atoms with E-state index in [-0.39, 0.29) is 5.82 Å². The lowest BCUT2D eigenvalue weighted by Crippen LogP contribution is -2.18. The number of aromatic nitrogens is 4. The Hall–Kier alpha value is -1.90. The molecule has 0 aliphatic rings. The van der Waals surface area contributed by atoms with Gasteiger partial charge in [-0.3, -0.25) is 0 Å². The summed E-state index contributed by atoms with van der Waals surface area (Å²) in [4.78, 5) is 7.11. The average Bonchev–Trinajstić information content (AvgIpc) is 2.96. The van der Waals surface area contributed by atoms with E-state index in [2.05, 4.69) is 19.6 Å². The minimum absolute atomic E-state index is 0.225. The smallest absolute Gasteiger partial charge is 0.333 e. The van der Waals surface area contributed by atoms with Crippen LogP contribution in [0.5, 0.6) is 0 Å². The fourth-order valence-corrected chi connectivity index (χ4v) is 1.46. The lowest BCUT2D eigenvalue weighted by Gasteiger charge is -2.09. The van der Waals surface area contributed by atoms with Crippen molar-refractivity contribution in [3.05, 3.63) is 29.9 Å². The number of nitrogens with zero attached hydrogens (tertiary/aromatic N) is 4. The Morgan fingerprint density at radius 3 is 2.78 bits per heavy atom. The number of hydrogen-bond donors (Lipinski definition) is 1. The molecule has 0 spiro atoms. The van der Waals surface area contributed by atoms with Gasteiger partial charge in [0.1, 0.15) is 6.04 Å². The summed E-state index contributed by atoms with van der Waals surface area (Å²) in [5, 5.41) is 3.24. The predicted molar refractivity (Wildman–Crippen MR) is 53.2 cm³/mol. The fourth-order valence-electron chi connectivity index (χ4n) is 1.46. The van der Waals surface area contributed by atoms with Gasteiger partial charge in [0.25, 0.3) is 0 Å². The van der Waals surface area contributed by atoms with Crippen molar-refractivity contribution in [1.82, 2.24) is 19.7 Å². The molecule has 0 radical (unpaired) electrons. The van der Waals surface area contributed by atoms with Gasteiger partial charge in [-0.1, -0.05) is 5.16 Å². The number of nitrogens with two attached hydrogens (primary N) is 1. The van der Waals surface area contributed by atoms with Gasteiger partial charge >= 0.3 is 12.1 Å². The summed E-state index contributed by atoms with van der Waals surface area (Å²) < 4.78 is 42.7. The molecule has 0 saturated heterocycles. The van der Waals surface area contributed by atoms with E-state index in [0.29, 0.717) is 12.2 Å². The van der Waals surface area contributed by atoms with Crippen LogP contribution in [0.15, 0.2) is 17.0 Å². The second-order valence-electron chi connectivity index (χ2n) is 3.54. The van der Waals surface area contributed by atoms with Crippen LogP contribution >= 0.6 is 0 Å². The van der Waals surface area contributed by atoms with Crippen molar-refractivity contribution >= 4 is 0 Å². The van der Waals surface area contributed by atoms with Gasteiger partial charge in [-0.05, 0) is 6.92 Å². The third-order valence-electron chi connectivity index (χ3n) is 2.37. The molecular weight excluding hydrogens is 251 g/mol. The zero-order valence-electron chi connectivity index (χ0n) is 9.35. The van der Waals surface area contributed by atoms with E-state index in [1.165, 1.54) is 12.5 Å². The molecule has 0 aliphatic carbocycles. The molecule has 2 aromatic heterocycles. The Labute approximate surface area is 99.6 Å². The highest BCUT2D eigenvalue weighted by Crippen LogP contribution is 2.28. The van der Waals surface area contributed by atoms with Gasteiger partial charge in [-0.25, -0.2) is 4.98 Å². The van der Waals surface area contributed by atoms with Crippen LogP contribution in [0, 0.1) is 0 Å². The molecular formula is C9H10F3N5O. The third kappa shape index (κ3) is 2.21. The number of rotatable bonds is 3. The van der Waals surface area contributed by atoms with Crippen molar-refractivity contribution in [3.8, 4) is 0 Å². The van der Waals surface area contributed by atoms with E-state index in [1.54, 1.807) is 4.57 Å². The molecule has 2 heterocycles. The van der Waals surface area contributed by atoms with Crippen LogP contribution in [0.25, 0.3) is 0 Å². The van der Waals surface area contributed by atoms with E-state index in [9.17, 15) is 13.2 Å². The summed E-state index contributed by atoms with van der Waals surface area (Å²) in [5.41, 5.74) is 6.30. The van der Waals surface area contributed by atoms with Gasteiger partial charge in [-0.15, -0.1) is 0 Å². The maximum Gasteiger partial charge on any atom is 0.471 e. The highest BCUT2D eigenvalue weighted by Gasteiger charge is 2.39. The Morgan fingerprint density at radius 1 is 1.50 bits per heavy atom. The van der Waals surface area contributed by atoms with Crippen LogP contribution < -0.4 is 5.73 Å². The number of hydrogen-bond acceptors (Lipinski definition) is 5. The quantitative estimate of drug-likeness (QED) is 0.901. The summed E-state index contributed by atoms with van der Waals surface area (Å²) in [6.07, 6.45) is -1.69. The molecule has 98 valence electrons. The summed E-state index contributed by atoms with van der Waals surface area (Å²) in [5.74, 6) is -1.63. The maximum absolute atomic E-state index is 12.3. The van der Waals surface area contributed by atoms with Crippen molar-refractivity contribution in [2.75, 3.05) is 0 Å². The maximum atomic E-state index is 12.3. The van der Waals surface area contributed by atoms with Crippen LogP contribution in [0.1, 0.15) is 30.4 Å². The second kappa shape index (κ2) is 4.41. The van der Waals surface area contributed by atoms with Gasteiger partial charge in [0, 0.05) is 6.54 Å². The van der Waals surface area contributed by atoms with E-state index >= 15 is 0 Å². The first kappa shape index (κ1) is 12.6. The highest BCUT2D eigenvalue weighted by molar-refractivity contribution is 5.14. The van der Waals surface area contributed by atoms with Crippen LogP contribution in [-0.2, 0) is 12.7 Å². The molecule has 2 N–H and O–H groups in total. The molecule has 2 aromatic rings. The Morgan fingerprint density at radius 2 is 2.22 bits per heavy atom. The van der Waals surface area contributed by atoms with Crippen LogP contribution in [-0.4, -0.2) is 19.7 Å². The van der Waals surface area contributed by atoms with Crippen molar-refractivity contribution in [2.45, 2.75) is 25.7 Å². The molecule has 0 aliphatic heterocycles. The molecule has 0 amide bonds. The first-order valence-electron chi connectivity index (χ1n) is 5.10. The molecule has 0 saturated carbocycles. The van der Waals surface area contributed by atoms with Gasteiger partial charge in [0.2, 0.25) is 0 Å². The summed E-state index contributed by atoms with van der Waals surface area (Å²) >= 11 is 0. The van der Waals surface area contributed by atoms with Gasteiger partial charge in [0.15, 0.2) is 5.82 Å². The minimum Gasteiger partial charge on any atom is -0.333 e. The van der Waals surface area contributed by atoms with E-state index in [1.807, 2.05) is 6.92 Å². The molecule has 18 heavy (non-hydrogen) atoms. The zero-order valence-corrected chi connectivity index (χ0v) is 9.35. The van der Waals surface area contributed by atoms with E-state index < -0.39 is 18.1 Å².